The van der Waals surface area contributed by atoms with Crippen LogP contribution in [-0.4, -0.2) is 31.6 Å². The van der Waals surface area contributed by atoms with Crippen LogP contribution in [-0.2, 0) is 13.0 Å². The lowest BCUT2D eigenvalue weighted by Gasteiger charge is -2.37. The zero-order valence-electron chi connectivity index (χ0n) is 12.0. The SMILES string of the molecule is CCC(C)(CNC)CN1CCc2ccccc2C1. The van der Waals surface area contributed by atoms with E-state index in [0.717, 1.165) is 13.1 Å². The molecule has 2 rings (SSSR count). The van der Waals surface area contributed by atoms with Crippen molar-refractivity contribution in [1.29, 1.82) is 0 Å². The molecular weight excluding hydrogens is 220 g/mol. The fourth-order valence-corrected chi connectivity index (χ4v) is 2.95. The quantitative estimate of drug-likeness (QED) is 0.859. The molecule has 1 aromatic rings. The van der Waals surface area contributed by atoms with Crippen molar-refractivity contribution in [2.45, 2.75) is 33.2 Å². The van der Waals surface area contributed by atoms with Crippen molar-refractivity contribution in [3.8, 4) is 0 Å². The molecule has 1 N–H and O–H groups in total. The highest BCUT2D eigenvalue weighted by Crippen LogP contribution is 2.25. The molecule has 1 aromatic carbocycles. The van der Waals surface area contributed by atoms with Gasteiger partial charge in [-0.15, -0.1) is 0 Å². The molecule has 1 atom stereocenters. The van der Waals surface area contributed by atoms with Gasteiger partial charge in [-0.2, -0.15) is 0 Å². The molecule has 0 saturated heterocycles. The van der Waals surface area contributed by atoms with Crippen molar-refractivity contribution >= 4 is 0 Å². The van der Waals surface area contributed by atoms with Gasteiger partial charge < -0.3 is 5.32 Å². The lowest BCUT2D eigenvalue weighted by atomic mass is 9.86. The summed E-state index contributed by atoms with van der Waals surface area (Å²) >= 11 is 0. The molecule has 0 aliphatic carbocycles. The van der Waals surface area contributed by atoms with Crippen LogP contribution >= 0.6 is 0 Å². The van der Waals surface area contributed by atoms with Crippen molar-refractivity contribution in [1.82, 2.24) is 10.2 Å². The maximum atomic E-state index is 3.34. The molecular formula is C16H26N2. The van der Waals surface area contributed by atoms with Gasteiger partial charge in [-0.25, -0.2) is 0 Å². The molecule has 1 aliphatic rings. The second kappa shape index (κ2) is 5.85. The van der Waals surface area contributed by atoms with Crippen molar-refractivity contribution in [2.75, 3.05) is 26.7 Å². The van der Waals surface area contributed by atoms with E-state index in [1.54, 1.807) is 5.56 Å². The molecule has 0 aromatic heterocycles. The number of benzene rings is 1. The summed E-state index contributed by atoms with van der Waals surface area (Å²) in [5, 5.41) is 3.34. The van der Waals surface area contributed by atoms with Crippen molar-refractivity contribution in [2.24, 2.45) is 5.41 Å². The Balaban J connectivity index is 2.01. The minimum Gasteiger partial charge on any atom is -0.319 e. The summed E-state index contributed by atoms with van der Waals surface area (Å²) < 4.78 is 0. The molecule has 0 fully saturated rings. The Morgan fingerprint density at radius 2 is 2.00 bits per heavy atom. The van der Waals surface area contributed by atoms with Gasteiger partial charge in [0.25, 0.3) is 0 Å². The van der Waals surface area contributed by atoms with E-state index >= 15 is 0 Å². The monoisotopic (exact) mass is 246 g/mol. The highest BCUT2D eigenvalue weighted by atomic mass is 15.1. The van der Waals surface area contributed by atoms with E-state index in [4.69, 9.17) is 0 Å². The molecule has 0 bridgehead atoms. The second-order valence-electron chi connectivity index (χ2n) is 5.92. The number of hydrogen-bond acceptors (Lipinski definition) is 2. The Bertz CT molecular complexity index is 388. The van der Waals surface area contributed by atoms with Gasteiger partial charge in [0, 0.05) is 26.2 Å². The number of hydrogen-bond donors (Lipinski definition) is 1. The molecule has 0 amide bonds. The summed E-state index contributed by atoms with van der Waals surface area (Å²) in [5.41, 5.74) is 3.45. The highest BCUT2D eigenvalue weighted by Gasteiger charge is 2.26. The van der Waals surface area contributed by atoms with Gasteiger partial charge in [-0.1, -0.05) is 38.1 Å². The van der Waals surface area contributed by atoms with Crippen LogP contribution < -0.4 is 5.32 Å². The van der Waals surface area contributed by atoms with Gasteiger partial charge >= 0.3 is 0 Å². The predicted octanol–water partition coefficient (Wildman–Crippen LogP) is 2.68. The fraction of sp³-hybridized carbons (Fsp3) is 0.625. The zero-order valence-corrected chi connectivity index (χ0v) is 12.0. The highest BCUT2D eigenvalue weighted by molar-refractivity contribution is 5.29. The second-order valence-corrected chi connectivity index (χ2v) is 5.92. The third kappa shape index (κ3) is 3.12. The Kier molecular flexibility index (Phi) is 4.41. The maximum Gasteiger partial charge on any atom is 0.0236 e. The summed E-state index contributed by atoms with van der Waals surface area (Å²) in [6, 6.07) is 8.88. The minimum atomic E-state index is 0.390. The lowest BCUT2D eigenvalue weighted by Crippen LogP contribution is -2.43. The molecule has 2 nitrogen and oxygen atoms in total. The van der Waals surface area contributed by atoms with Crippen LogP contribution in [0.3, 0.4) is 0 Å². The van der Waals surface area contributed by atoms with E-state index in [0.29, 0.717) is 5.41 Å². The van der Waals surface area contributed by atoms with Crippen molar-refractivity contribution in [3.63, 3.8) is 0 Å². The van der Waals surface area contributed by atoms with Crippen molar-refractivity contribution in [3.05, 3.63) is 35.4 Å². The third-order valence-corrected chi connectivity index (χ3v) is 4.27. The minimum absolute atomic E-state index is 0.390. The lowest BCUT2D eigenvalue weighted by molar-refractivity contribution is 0.145. The van der Waals surface area contributed by atoms with Crippen LogP contribution in [0.5, 0.6) is 0 Å². The van der Waals surface area contributed by atoms with Gasteiger partial charge in [-0.3, -0.25) is 4.90 Å². The van der Waals surface area contributed by atoms with Gasteiger partial charge in [0.15, 0.2) is 0 Å². The number of nitrogens with zero attached hydrogens (tertiary/aromatic N) is 1. The average molecular weight is 246 g/mol. The summed E-state index contributed by atoms with van der Waals surface area (Å²) in [6.45, 7) is 9.31. The average Bonchev–Trinajstić information content (AvgIpc) is 2.39. The topological polar surface area (TPSA) is 15.3 Å². The van der Waals surface area contributed by atoms with Gasteiger partial charge in [0.1, 0.15) is 0 Å². The Morgan fingerprint density at radius 3 is 2.67 bits per heavy atom. The molecule has 1 heterocycles. The van der Waals surface area contributed by atoms with Crippen LogP contribution in [0.4, 0.5) is 0 Å². The molecule has 100 valence electrons. The summed E-state index contributed by atoms with van der Waals surface area (Å²) in [4.78, 5) is 2.61. The van der Waals surface area contributed by atoms with Crippen molar-refractivity contribution < 1.29 is 0 Å². The first-order valence-electron chi connectivity index (χ1n) is 7.10. The first-order valence-corrected chi connectivity index (χ1v) is 7.10. The first kappa shape index (κ1) is 13.6. The third-order valence-electron chi connectivity index (χ3n) is 4.27. The van der Waals surface area contributed by atoms with Crippen LogP contribution in [0.2, 0.25) is 0 Å². The predicted molar refractivity (Wildman–Crippen MR) is 77.7 cm³/mol. The Hall–Kier alpha value is -0.860. The molecule has 1 unspecified atom stereocenters. The van der Waals surface area contributed by atoms with E-state index in [2.05, 4.69) is 55.4 Å². The van der Waals surface area contributed by atoms with E-state index in [1.165, 1.54) is 31.5 Å². The van der Waals surface area contributed by atoms with E-state index in [9.17, 15) is 0 Å². The summed E-state index contributed by atoms with van der Waals surface area (Å²) in [6.07, 6.45) is 2.43. The standard InChI is InChI=1S/C16H26N2/c1-4-16(2,12-17-3)13-18-10-9-14-7-5-6-8-15(14)11-18/h5-8,17H,4,9-13H2,1-3H3. The van der Waals surface area contributed by atoms with Gasteiger partial charge in [-0.05, 0) is 36.4 Å². The zero-order chi connectivity index (χ0) is 13.0. The summed E-state index contributed by atoms with van der Waals surface area (Å²) in [7, 11) is 2.05. The Labute approximate surface area is 111 Å². The molecule has 0 radical (unpaired) electrons. The molecule has 18 heavy (non-hydrogen) atoms. The van der Waals surface area contributed by atoms with E-state index in [-0.39, 0.29) is 0 Å². The number of rotatable bonds is 5. The number of nitrogens with one attached hydrogen (secondary N) is 1. The largest absolute Gasteiger partial charge is 0.319 e. The molecule has 0 spiro atoms. The van der Waals surface area contributed by atoms with Crippen LogP contribution in [0.1, 0.15) is 31.4 Å². The summed E-state index contributed by atoms with van der Waals surface area (Å²) in [5.74, 6) is 0. The maximum absolute atomic E-state index is 3.34. The smallest absolute Gasteiger partial charge is 0.0236 e. The molecule has 0 saturated carbocycles. The van der Waals surface area contributed by atoms with Gasteiger partial charge in [0.2, 0.25) is 0 Å². The normalized spacial score (nSPS) is 19.3. The number of fused-ring (bicyclic) bond motifs is 1. The first-order chi connectivity index (χ1) is 8.67. The van der Waals surface area contributed by atoms with E-state index < -0.39 is 0 Å². The Morgan fingerprint density at radius 1 is 1.28 bits per heavy atom. The van der Waals surface area contributed by atoms with Crippen LogP contribution in [0.15, 0.2) is 24.3 Å². The fourth-order valence-electron chi connectivity index (χ4n) is 2.95. The van der Waals surface area contributed by atoms with Gasteiger partial charge in [0.05, 0.1) is 0 Å². The molecule has 1 aliphatic heterocycles. The van der Waals surface area contributed by atoms with Crippen LogP contribution in [0, 0.1) is 5.41 Å². The van der Waals surface area contributed by atoms with Crippen LogP contribution in [0.25, 0.3) is 0 Å². The molecule has 2 heteroatoms. The van der Waals surface area contributed by atoms with E-state index in [1.807, 2.05) is 0 Å².